The minimum Gasteiger partial charge on any atom is -0.497 e. The number of amides is 1. The van der Waals surface area contributed by atoms with Crippen LogP contribution in [0.15, 0.2) is 29.2 Å². The van der Waals surface area contributed by atoms with Crippen LogP contribution in [-0.4, -0.2) is 46.8 Å². The highest BCUT2D eigenvalue weighted by Crippen LogP contribution is 2.30. The summed E-state index contributed by atoms with van der Waals surface area (Å²) in [6.45, 7) is 2.17. The Balaban J connectivity index is 1.86. The predicted molar refractivity (Wildman–Crippen MR) is 85.3 cm³/mol. The smallest absolute Gasteiger partial charge is 0.329 e. The molecule has 0 radical (unpaired) electrons. The van der Waals surface area contributed by atoms with Crippen molar-refractivity contribution in [1.29, 1.82) is 0 Å². The lowest BCUT2D eigenvalue weighted by Crippen LogP contribution is -2.50. The highest BCUT2D eigenvalue weighted by atomic mass is 32.2. The molecule has 6 heteroatoms. The van der Waals surface area contributed by atoms with Crippen molar-refractivity contribution in [2.45, 2.75) is 36.6 Å². The van der Waals surface area contributed by atoms with Crippen LogP contribution in [0.25, 0.3) is 0 Å². The molecule has 0 saturated carbocycles. The molecule has 1 aromatic carbocycles. The SMILES string of the molecule is COc1ccc(SCCC(=O)N2CCCC2(C)C(=O)O)cc1. The number of ether oxygens (including phenoxy) is 1. The first kappa shape index (κ1) is 16.7. The monoisotopic (exact) mass is 323 g/mol. The maximum absolute atomic E-state index is 12.3. The third-order valence-corrected chi connectivity index (χ3v) is 5.06. The normalized spacial score (nSPS) is 20.9. The van der Waals surface area contributed by atoms with Gasteiger partial charge in [-0.15, -0.1) is 11.8 Å². The Labute approximate surface area is 134 Å². The van der Waals surface area contributed by atoms with Crippen molar-refractivity contribution in [2.75, 3.05) is 19.4 Å². The topological polar surface area (TPSA) is 66.8 Å². The molecular weight excluding hydrogens is 302 g/mol. The first-order valence-corrected chi connectivity index (χ1v) is 8.26. The molecule has 1 aliphatic heterocycles. The second-order valence-corrected chi connectivity index (χ2v) is 6.67. The molecule has 22 heavy (non-hydrogen) atoms. The van der Waals surface area contributed by atoms with E-state index >= 15 is 0 Å². The molecule has 1 atom stereocenters. The zero-order valence-corrected chi connectivity index (χ0v) is 13.7. The van der Waals surface area contributed by atoms with E-state index in [1.807, 2.05) is 24.3 Å². The highest BCUT2D eigenvalue weighted by Gasteiger charge is 2.45. The van der Waals surface area contributed by atoms with E-state index in [1.165, 1.54) is 4.90 Å². The second kappa shape index (κ2) is 7.05. The number of carboxylic acids is 1. The number of aliphatic carboxylic acids is 1. The molecule has 1 amide bonds. The van der Waals surface area contributed by atoms with Crippen molar-refractivity contribution < 1.29 is 19.4 Å². The Morgan fingerprint density at radius 1 is 1.36 bits per heavy atom. The molecule has 0 aromatic heterocycles. The van der Waals surface area contributed by atoms with Gasteiger partial charge in [-0.25, -0.2) is 4.79 Å². The second-order valence-electron chi connectivity index (χ2n) is 5.50. The van der Waals surface area contributed by atoms with Gasteiger partial charge in [-0.05, 0) is 44.0 Å². The zero-order valence-electron chi connectivity index (χ0n) is 12.9. The summed E-state index contributed by atoms with van der Waals surface area (Å²) < 4.78 is 5.10. The molecule has 0 bridgehead atoms. The van der Waals surface area contributed by atoms with E-state index in [-0.39, 0.29) is 5.91 Å². The van der Waals surface area contributed by atoms with Crippen molar-refractivity contribution in [3.63, 3.8) is 0 Å². The number of benzene rings is 1. The van der Waals surface area contributed by atoms with Gasteiger partial charge in [0.15, 0.2) is 0 Å². The Bertz CT molecular complexity index is 546. The van der Waals surface area contributed by atoms with E-state index in [0.29, 0.717) is 25.1 Å². The van der Waals surface area contributed by atoms with Gasteiger partial charge in [-0.2, -0.15) is 0 Å². The van der Waals surface area contributed by atoms with Gasteiger partial charge in [0.25, 0.3) is 0 Å². The molecule has 1 aromatic rings. The predicted octanol–water partition coefficient (Wildman–Crippen LogP) is 2.64. The molecule has 2 rings (SSSR count). The van der Waals surface area contributed by atoms with Crippen LogP contribution in [-0.2, 0) is 9.59 Å². The summed E-state index contributed by atoms with van der Waals surface area (Å²) in [5.41, 5.74) is -1.04. The number of rotatable bonds is 6. The van der Waals surface area contributed by atoms with E-state index in [9.17, 15) is 14.7 Å². The number of nitrogens with zero attached hydrogens (tertiary/aromatic N) is 1. The van der Waals surface area contributed by atoms with Gasteiger partial charge in [0.1, 0.15) is 11.3 Å². The molecule has 120 valence electrons. The highest BCUT2D eigenvalue weighted by molar-refractivity contribution is 7.99. The molecule has 1 aliphatic rings. The summed E-state index contributed by atoms with van der Waals surface area (Å²) in [6, 6.07) is 7.66. The minimum atomic E-state index is -1.04. The lowest BCUT2D eigenvalue weighted by Gasteiger charge is -2.31. The molecule has 0 spiro atoms. The van der Waals surface area contributed by atoms with E-state index < -0.39 is 11.5 Å². The van der Waals surface area contributed by atoms with Crippen LogP contribution in [0.4, 0.5) is 0 Å². The summed E-state index contributed by atoms with van der Waals surface area (Å²) in [7, 11) is 1.62. The van der Waals surface area contributed by atoms with Crippen LogP contribution < -0.4 is 4.74 Å². The van der Waals surface area contributed by atoms with Crippen molar-refractivity contribution >= 4 is 23.6 Å². The van der Waals surface area contributed by atoms with Gasteiger partial charge < -0.3 is 14.7 Å². The summed E-state index contributed by atoms with van der Waals surface area (Å²) >= 11 is 1.58. The third kappa shape index (κ3) is 3.55. The molecule has 1 N–H and O–H groups in total. The largest absolute Gasteiger partial charge is 0.497 e. The maximum atomic E-state index is 12.3. The number of methoxy groups -OCH3 is 1. The Hall–Kier alpha value is -1.69. The van der Waals surface area contributed by atoms with Crippen LogP contribution >= 0.6 is 11.8 Å². The Morgan fingerprint density at radius 3 is 2.64 bits per heavy atom. The number of hydrogen-bond donors (Lipinski definition) is 1. The van der Waals surface area contributed by atoms with Crippen LogP contribution in [0.2, 0.25) is 0 Å². The van der Waals surface area contributed by atoms with Gasteiger partial charge in [-0.1, -0.05) is 0 Å². The number of thioether (sulfide) groups is 1. The summed E-state index contributed by atoms with van der Waals surface area (Å²) in [5, 5.41) is 9.33. The minimum absolute atomic E-state index is 0.0802. The quantitative estimate of drug-likeness (QED) is 0.815. The summed E-state index contributed by atoms with van der Waals surface area (Å²) in [5.74, 6) is 0.441. The average molecular weight is 323 g/mol. The first-order chi connectivity index (χ1) is 10.5. The Kier molecular flexibility index (Phi) is 5.34. The van der Waals surface area contributed by atoms with Crippen LogP contribution in [0.3, 0.4) is 0 Å². The van der Waals surface area contributed by atoms with Crippen LogP contribution in [0.1, 0.15) is 26.2 Å². The molecule has 5 nitrogen and oxygen atoms in total. The number of likely N-dealkylation sites (tertiary alicyclic amines) is 1. The summed E-state index contributed by atoms with van der Waals surface area (Å²) in [4.78, 5) is 26.3. The third-order valence-electron chi connectivity index (χ3n) is 4.05. The van der Waals surface area contributed by atoms with Crippen molar-refractivity contribution in [2.24, 2.45) is 0 Å². The lowest BCUT2D eigenvalue weighted by molar-refractivity contribution is -0.155. The van der Waals surface area contributed by atoms with Crippen molar-refractivity contribution in [1.82, 2.24) is 4.90 Å². The van der Waals surface area contributed by atoms with Gasteiger partial charge >= 0.3 is 5.97 Å². The zero-order chi connectivity index (χ0) is 16.2. The number of hydrogen-bond acceptors (Lipinski definition) is 4. The molecule has 0 aliphatic carbocycles. The molecule has 1 unspecified atom stereocenters. The fraction of sp³-hybridized carbons (Fsp3) is 0.500. The van der Waals surface area contributed by atoms with Gasteiger partial charge in [-0.3, -0.25) is 4.79 Å². The molecule has 1 fully saturated rings. The van der Waals surface area contributed by atoms with Crippen LogP contribution in [0, 0.1) is 0 Å². The van der Waals surface area contributed by atoms with E-state index in [2.05, 4.69) is 0 Å². The number of carbonyl (C=O) groups excluding carboxylic acids is 1. The molecule has 1 heterocycles. The average Bonchev–Trinajstić information content (AvgIpc) is 2.91. The van der Waals surface area contributed by atoms with E-state index in [0.717, 1.165) is 17.1 Å². The fourth-order valence-corrected chi connectivity index (χ4v) is 3.49. The fourth-order valence-electron chi connectivity index (χ4n) is 2.65. The van der Waals surface area contributed by atoms with Gasteiger partial charge in [0.2, 0.25) is 5.91 Å². The lowest BCUT2D eigenvalue weighted by atomic mass is 9.99. The number of carboxylic acid groups (broad SMARTS) is 1. The maximum Gasteiger partial charge on any atom is 0.329 e. The van der Waals surface area contributed by atoms with Crippen molar-refractivity contribution in [3.05, 3.63) is 24.3 Å². The molecule has 1 saturated heterocycles. The van der Waals surface area contributed by atoms with Crippen LogP contribution in [0.5, 0.6) is 5.75 Å². The Morgan fingerprint density at radius 2 is 2.05 bits per heavy atom. The molecular formula is C16H21NO4S. The van der Waals surface area contributed by atoms with E-state index in [4.69, 9.17) is 4.74 Å². The van der Waals surface area contributed by atoms with Gasteiger partial charge in [0, 0.05) is 23.6 Å². The van der Waals surface area contributed by atoms with E-state index in [1.54, 1.807) is 25.8 Å². The van der Waals surface area contributed by atoms with Gasteiger partial charge in [0.05, 0.1) is 7.11 Å². The standard InChI is InChI=1S/C16H21NO4S/c1-16(15(19)20)9-3-10-17(16)14(18)8-11-22-13-6-4-12(21-2)5-7-13/h4-7H,3,8-11H2,1-2H3,(H,19,20). The number of carbonyl (C=O) groups is 2. The van der Waals surface area contributed by atoms with Crippen molar-refractivity contribution in [3.8, 4) is 5.75 Å². The first-order valence-electron chi connectivity index (χ1n) is 7.28. The summed E-state index contributed by atoms with van der Waals surface area (Å²) in [6.07, 6.45) is 1.62.